The molecule has 1 aromatic heterocycles. The van der Waals surface area contributed by atoms with Crippen LogP contribution >= 0.6 is 0 Å². The van der Waals surface area contributed by atoms with Crippen LogP contribution in [0.25, 0.3) is 0 Å². The van der Waals surface area contributed by atoms with Crippen molar-refractivity contribution in [1.29, 1.82) is 0 Å². The molecule has 1 aromatic carbocycles. The molecule has 1 unspecified atom stereocenters. The standard InChI is InChI=1S/C25H36N4O3/c1-20-4-3-5-21(16-20)18-28-12-9-25(10-13-28)8-6-22(32-19-25)17-26-24(30)23-7-11-27-29(23)14-15-31-2/h3-5,7,11,16,22H,6,8-10,12-15,17-19H2,1-2H3,(H,26,30). The van der Waals surface area contributed by atoms with Gasteiger partial charge in [0.15, 0.2) is 0 Å². The summed E-state index contributed by atoms with van der Waals surface area (Å²) in [7, 11) is 1.64. The van der Waals surface area contributed by atoms with E-state index in [2.05, 4.69) is 46.5 Å². The highest BCUT2D eigenvalue weighted by molar-refractivity contribution is 5.92. The van der Waals surface area contributed by atoms with E-state index in [0.29, 0.717) is 30.8 Å². The van der Waals surface area contributed by atoms with Gasteiger partial charge in [-0.2, -0.15) is 5.10 Å². The van der Waals surface area contributed by atoms with Crippen molar-refractivity contribution in [3.63, 3.8) is 0 Å². The van der Waals surface area contributed by atoms with Crippen molar-refractivity contribution in [3.8, 4) is 0 Å². The zero-order chi connectivity index (χ0) is 22.4. The van der Waals surface area contributed by atoms with Crippen LogP contribution in [0.2, 0.25) is 0 Å². The normalized spacial score (nSPS) is 21.0. The van der Waals surface area contributed by atoms with Crippen molar-refractivity contribution >= 4 is 5.91 Å². The van der Waals surface area contributed by atoms with E-state index in [1.165, 1.54) is 30.4 Å². The minimum absolute atomic E-state index is 0.0882. The molecule has 0 saturated carbocycles. The SMILES string of the molecule is COCCn1nccc1C(=O)NCC1CCC2(CCN(Cc3cccc(C)c3)CC2)CO1. The van der Waals surface area contributed by atoms with Gasteiger partial charge in [0.05, 0.1) is 25.9 Å². The van der Waals surface area contributed by atoms with E-state index < -0.39 is 0 Å². The van der Waals surface area contributed by atoms with Crippen LogP contribution in [0.4, 0.5) is 0 Å². The molecule has 2 aliphatic rings. The van der Waals surface area contributed by atoms with Crippen LogP contribution in [0.5, 0.6) is 0 Å². The molecule has 174 valence electrons. The van der Waals surface area contributed by atoms with Crippen LogP contribution in [-0.4, -0.2) is 66.6 Å². The highest BCUT2D eigenvalue weighted by Gasteiger charge is 2.38. The van der Waals surface area contributed by atoms with Crippen LogP contribution in [0.1, 0.15) is 47.3 Å². The Morgan fingerprint density at radius 1 is 1.28 bits per heavy atom. The first-order valence-electron chi connectivity index (χ1n) is 11.8. The smallest absolute Gasteiger partial charge is 0.269 e. The van der Waals surface area contributed by atoms with Crippen molar-refractivity contribution in [2.75, 3.05) is 40.0 Å². The molecule has 2 fully saturated rings. The minimum Gasteiger partial charge on any atom is -0.383 e. The molecule has 4 rings (SSSR count). The van der Waals surface area contributed by atoms with Gasteiger partial charge in [-0.25, -0.2) is 0 Å². The minimum atomic E-state index is -0.105. The molecule has 2 aromatic rings. The number of benzene rings is 1. The summed E-state index contributed by atoms with van der Waals surface area (Å²) in [5.74, 6) is -0.105. The quantitative estimate of drug-likeness (QED) is 0.683. The van der Waals surface area contributed by atoms with Crippen molar-refractivity contribution in [1.82, 2.24) is 20.0 Å². The summed E-state index contributed by atoms with van der Waals surface area (Å²) in [4.78, 5) is 15.1. The van der Waals surface area contributed by atoms with Gasteiger partial charge in [-0.05, 0) is 62.7 Å². The molecule has 1 atom stereocenters. The Bertz CT molecular complexity index is 879. The predicted molar refractivity (Wildman–Crippen MR) is 124 cm³/mol. The Balaban J connectivity index is 1.19. The van der Waals surface area contributed by atoms with Gasteiger partial charge in [0, 0.05) is 26.4 Å². The summed E-state index contributed by atoms with van der Waals surface area (Å²) in [5.41, 5.74) is 3.60. The Hall–Kier alpha value is -2.22. The first kappa shape index (κ1) is 23.0. The molecule has 3 heterocycles. The average molecular weight is 441 g/mol. The number of carbonyl (C=O) groups excluding carboxylic acids is 1. The summed E-state index contributed by atoms with van der Waals surface area (Å²) < 4.78 is 13.0. The highest BCUT2D eigenvalue weighted by Crippen LogP contribution is 2.40. The van der Waals surface area contributed by atoms with E-state index >= 15 is 0 Å². The number of piperidine rings is 1. The van der Waals surface area contributed by atoms with Crippen molar-refractivity contribution in [3.05, 3.63) is 53.3 Å². The van der Waals surface area contributed by atoms with Crippen LogP contribution < -0.4 is 5.32 Å². The van der Waals surface area contributed by atoms with Crippen LogP contribution in [-0.2, 0) is 22.6 Å². The third kappa shape index (κ3) is 5.77. The fourth-order valence-corrected chi connectivity index (χ4v) is 4.91. The van der Waals surface area contributed by atoms with E-state index in [0.717, 1.165) is 32.7 Å². The van der Waals surface area contributed by atoms with E-state index in [9.17, 15) is 4.79 Å². The Morgan fingerprint density at radius 2 is 2.12 bits per heavy atom. The van der Waals surface area contributed by atoms with Gasteiger partial charge in [-0.15, -0.1) is 0 Å². The summed E-state index contributed by atoms with van der Waals surface area (Å²) in [5, 5.41) is 7.23. The molecule has 7 heteroatoms. The maximum Gasteiger partial charge on any atom is 0.269 e. The number of likely N-dealkylation sites (tertiary alicyclic amines) is 1. The highest BCUT2D eigenvalue weighted by atomic mass is 16.5. The molecule has 0 bridgehead atoms. The molecule has 1 spiro atoms. The number of aryl methyl sites for hydroxylation is 1. The largest absolute Gasteiger partial charge is 0.383 e. The number of methoxy groups -OCH3 is 1. The summed E-state index contributed by atoms with van der Waals surface area (Å²) >= 11 is 0. The van der Waals surface area contributed by atoms with E-state index in [1.807, 2.05) is 0 Å². The van der Waals surface area contributed by atoms with Crippen LogP contribution in [0.15, 0.2) is 36.5 Å². The number of hydrogen-bond acceptors (Lipinski definition) is 5. The fraction of sp³-hybridized carbons (Fsp3) is 0.600. The fourth-order valence-electron chi connectivity index (χ4n) is 4.91. The third-order valence-electron chi connectivity index (χ3n) is 6.97. The predicted octanol–water partition coefficient (Wildman–Crippen LogP) is 3.03. The zero-order valence-corrected chi connectivity index (χ0v) is 19.4. The monoisotopic (exact) mass is 440 g/mol. The van der Waals surface area contributed by atoms with Gasteiger partial charge in [-0.1, -0.05) is 29.8 Å². The van der Waals surface area contributed by atoms with Gasteiger partial charge < -0.3 is 14.8 Å². The Morgan fingerprint density at radius 3 is 2.84 bits per heavy atom. The average Bonchev–Trinajstić information content (AvgIpc) is 3.28. The number of nitrogens with one attached hydrogen (secondary N) is 1. The lowest BCUT2D eigenvalue weighted by molar-refractivity contribution is -0.0844. The lowest BCUT2D eigenvalue weighted by Gasteiger charge is -2.45. The summed E-state index contributed by atoms with van der Waals surface area (Å²) in [6, 6.07) is 10.6. The second-order valence-electron chi connectivity index (χ2n) is 9.38. The van der Waals surface area contributed by atoms with Crippen LogP contribution in [0, 0.1) is 12.3 Å². The lowest BCUT2D eigenvalue weighted by Crippen LogP contribution is -2.47. The first-order chi connectivity index (χ1) is 15.6. The number of ether oxygens (including phenoxy) is 2. The number of aromatic nitrogens is 2. The molecule has 0 radical (unpaired) electrons. The molecule has 2 saturated heterocycles. The molecule has 2 aliphatic heterocycles. The molecule has 7 nitrogen and oxygen atoms in total. The lowest BCUT2D eigenvalue weighted by atomic mass is 9.73. The van der Waals surface area contributed by atoms with Crippen molar-refractivity contribution in [2.24, 2.45) is 5.41 Å². The number of hydrogen-bond donors (Lipinski definition) is 1. The van der Waals surface area contributed by atoms with Crippen molar-refractivity contribution < 1.29 is 14.3 Å². The molecule has 1 N–H and O–H groups in total. The number of amides is 1. The molecular formula is C25H36N4O3. The second kappa shape index (κ2) is 10.6. The summed E-state index contributed by atoms with van der Waals surface area (Å²) in [6.45, 7) is 7.89. The maximum absolute atomic E-state index is 12.6. The van der Waals surface area contributed by atoms with Crippen LogP contribution in [0.3, 0.4) is 0 Å². The third-order valence-corrected chi connectivity index (χ3v) is 6.97. The van der Waals surface area contributed by atoms with E-state index in [-0.39, 0.29) is 12.0 Å². The summed E-state index contributed by atoms with van der Waals surface area (Å²) in [6.07, 6.45) is 6.30. The topological polar surface area (TPSA) is 68.6 Å². The number of rotatable bonds is 8. The van der Waals surface area contributed by atoms with Gasteiger partial charge in [0.1, 0.15) is 5.69 Å². The molecular weight excluding hydrogens is 404 g/mol. The van der Waals surface area contributed by atoms with E-state index in [4.69, 9.17) is 9.47 Å². The van der Waals surface area contributed by atoms with Crippen molar-refractivity contribution in [2.45, 2.75) is 51.8 Å². The van der Waals surface area contributed by atoms with Gasteiger partial charge in [0.2, 0.25) is 0 Å². The Labute approximate surface area is 191 Å². The number of nitrogens with zero attached hydrogens (tertiary/aromatic N) is 3. The molecule has 0 aliphatic carbocycles. The van der Waals surface area contributed by atoms with E-state index in [1.54, 1.807) is 24.1 Å². The zero-order valence-electron chi connectivity index (χ0n) is 19.4. The number of carbonyl (C=O) groups is 1. The molecule has 1 amide bonds. The van der Waals surface area contributed by atoms with Gasteiger partial charge in [-0.3, -0.25) is 14.4 Å². The first-order valence-corrected chi connectivity index (χ1v) is 11.8. The van der Waals surface area contributed by atoms with Gasteiger partial charge >= 0.3 is 0 Å². The van der Waals surface area contributed by atoms with Gasteiger partial charge in [0.25, 0.3) is 5.91 Å². The second-order valence-corrected chi connectivity index (χ2v) is 9.38. The molecule has 32 heavy (non-hydrogen) atoms. The Kier molecular flexibility index (Phi) is 7.60. The maximum atomic E-state index is 12.6.